The lowest BCUT2D eigenvalue weighted by atomic mass is 10.1. The van der Waals surface area contributed by atoms with E-state index in [1.165, 1.54) is 6.07 Å². The molecule has 1 aliphatic heterocycles. The summed E-state index contributed by atoms with van der Waals surface area (Å²) in [6.07, 6.45) is 1.50. The van der Waals surface area contributed by atoms with Gasteiger partial charge in [0, 0.05) is 38.1 Å². The van der Waals surface area contributed by atoms with Crippen LogP contribution in [0.1, 0.15) is 23.4 Å². The lowest BCUT2D eigenvalue weighted by molar-refractivity contribution is -0.0379. The molecule has 0 amide bonds. The number of halogens is 1. The molecule has 2 aromatic heterocycles. The van der Waals surface area contributed by atoms with Gasteiger partial charge in [0.05, 0.1) is 12.1 Å². The van der Waals surface area contributed by atoms with E-state index in [0.29, 0.717) is 31.4 Å². The van der Waals surface area contributed by atoms with Gasteiger partial charge in [-0.15, -0.1) is 0 Å². The molecule has 7 heteroatoms. The Bertz CT molecular complexity index is 867. The number of hydrogen-bond donors (Lipinski definition) is 0. The molecule has 3 heterocycles. The summed E-state index contributed by atoms with van der Waals surface area (Å²) < 4.78 is 24.7. The molecular weight excluding hydrogens is 311 g/mol. The van der Waals surface area contributed by atoms with Gasteiger partial charge < -0.3 is 9.26 Å². The van der Waals surface area contributed by atoms with E-state index in [0.717, 1.165) is 23.0 Å². The van der Waals surface area contributed by atoms with Crippen molar-refractivity contribution in [3.05, 3.63) is 53.6 Å². The highest BCUT2D eigenvalue weighted by atomic mass is 19.1. The standard InChI is InChI=1S/C17H17FN4O2/c1-11-20-17(21-24-11)15-10-22(5-6-23-15)9-13-8-14(18)7-12-3-2-4-19-16(12)13/h2-4,7-8,15H,5-6,9-10H2,1H3/t15-/m0/s1. The quantitative estimate of drug-likeness (QED) is 0.736. The highest BCUT2D eigenvalue weighted by molar-refractivity contribution is 5.81. The van der Waals surface area contributed by atoms with E-state index >= 15 is 0 Å². The van der Waals surface area contributed by atoms with Gasteiger partial charge in [0.25, 0.3) is 0 Å². The molecule has 3 aromatic rings. The average Bonchev–Trinajstić information content (AvgIpc) is 3.01. The first-order valence-corrected chi connectivity index (χ1v) is 7.86. The Morgan fingerprint density at radius 1 is 1.38 bits per heavy atom. The van der Waals surface area contributed by atoms with E-state index in [4.69, 9.17) is 9.26 Å². The van der Waals surface area contributed by atoms with E-state index in [2.05, 4.69) is 20.0 Å². The van der Waals surface area contributed by atoms with E-state index in [9.17, 15) is 4.39 Å². The maximum absolute atomic E-state index is 13.9. The predicted octanol–water partition coefficient (Wildman–Crippen LogP) is 2.64. The van der Waals surface area contributed by atoms with Crippen LogP contribution in [0, 0.1) is 12.7 Å². The van der Waals surface area contributed by atoms with Crippen LogP contribution in [-0.2, 0) is 11.3 Å². The third-order valence-electron chi connectivity index (χ3n) is 4.12. The summed E-state index contributed by atoms with van der Waals surface area (Å²) in [5.41, 5.74) is 1.70. The van der Waals surface area contributed by atoms with Crippen LogP contribution in [0.2, 0.25) is 0 Å². The molecule has 0 unspecified atom stereocenters. The van der Waals surface area contributed by atoms with Gasteiger partial charge in [0.1, 0.15) is 11.9 Å². The maximum atomic E-state index is 13.9. The fourth-order valence-corrected chi connectivity index (χ4v) is 3.04. The fourth-order valence-electron chi connectivity index (χ4n) is 3.04. The topological polar surface area (TPSA) is 64.3 Å². The second-order valence-electron chi connectivity index (χ2n) is 5.91. The minimum Gasteiger partial charge on any atom is -0.367 e. The average molecular weight is 328 g/mol. The summed E-state index contributed by atoms with van der Waals surface area (Å²) in [4.78, 5) is 10.8. The third-order valence-corrected chi connectivity index (χ3v) is 4.12. The van der Waals surface area contributed by atoms with Gasteiger partial charge in [0.15, 0.2) is 0 Å². The van der Waals surface area contributed by atoms with Crippen molar-refractivity contribution in [3.8, 4) is 0 Å². The summed E-state index contributed by atoms with van der Waals surface area (Å²) in [6, 6.07) is 6.75. The third kappa shape index (κ3) is 3.00. The Hall–Kier alpha value is -2.38. The fraction of sp³-hybridized carbons (Fsp3) is 0.353. The number of hydrogen-bond acceptors (Lipinski definition) is 6. The first kappa shape index (κ1) is 15.2. The summed E-state index contributed by atoms with van der Waals surface area (Å²) in [5.74, 6) is 0.828. The molecule has 1 aliphatic rings. The molecule has 0 aliphatic carbocycles. The number of morpholine rings is 1. The lowest BCUT2D eigenvalue weighted by Crippen LogP contribution is -2.38. The Balaban J connectivity index is 1.57. The molecule has 1 atom stereocenters. The van der Waals surface area contributed by atoms with Crippen molar-refractivity contribution >= 4 is 10.9 Å². The number of aromatic nitrogens is 3. The van der Waals surface area contributed by atoms with E-state index in [1.54, 1.807) is 19.2 Å². The number of rotatable bonds is 3. The Kier molecular flexibility index (Phi) is 3.95. The number of fused-ring (bicyclic) bond motifs is 1. The normalized spacial score (nSPS) is 19.0. The van der Waals surface area contributed by atoms with Crippen LogP contribution in [0.15, 0.2) is 35.0 Å². The zero-order chi connectivity index (χ0) is 16.5. The van der Waals surface area contributed by atoms with Gasteiger partial charge in [0.2, 0.25) is 11.7 Å². The van der Waals surface area contributed by atoms with Crippen molar-refractivity contribution < 1.29 is 13.7 Å². The van der Waals surface area contributed by atoms with Gasteiger partial charge in [-0.1, -0.05) is 11.2 Å². The highest BCUT2D eigenvalue weighted by Gasteiger charge is 2.26. The van der Waals surface area contributed by atoms with Gasteiger partial charge >= 0.3 is 0 Å². The van der Waals surface area contributed by atoms with E-state index in [1.807, 2.05) is 12.1 Å². The van der Waals surface area contributed by atoms with Crippen molar-refractivity contribution in [2.24, 2.45) is 0 Å². The second kappa shape index (κ2) is 6.26. The van der Waals surface area contributed by atoms with Gasteiger partial charge in [-0.25, -0.2) is 4.39 Å². The van der Waals surface area contributed by atoms with Crippen LogP contribution in [0.3, 0.4) is 0 Å². The summed E-state index contributed by atoms with van der Waals surface area (Å²) in [5, 5.41) is 4.75. The molecule has 6 nitrogen and oxygen atoms in total. The molecule has 0 spiro atoms. The molecule has 124 valence electrons. The first-order chi connectivity index (χ1) is 11.7. The number of pyridine rings is 1. The smallest absolute Gasteiger partial charge is 0.223 e. The first-order valence-electron chi connectivity index (χ1n) is 7.86. The van der Waals surface area contributed by atoms with Crippen molar-refractivity contribution in [2.45, 2.75) is 19.6 Å². The van der Waals surface area contributed by atoms with E-state index in [-0.39, 0.29) is 11.9 Å². The predicted molar refractivity (Wildman–Crippen MR) is 84.7 cm³/mol. The van der Waals surface area contributed by atoms with Crippen LogP contribution >= 0.6 is 0 Å². The maximum Gasteiger partial charge on any atom is 0.223 e. The summed E-state index contributed by atoms with van der Waals surface area (Å²) in [7, 11) is 0. The molecule has 1 saturated heterocycles. The van der Waals surface area contributed by atoms with Gasteiger partial charge in [-0.05, 0) is 23.8 Å². The monoisotopic (exact) mass is 328 g/mol. The SMILES string of the molecule is Cc1nc([C@@H]2CN(Cc3cc(F)cc4cccnc34)CCO2)no1. The largest absolute Gasteiger partial charge is 0.367 e. The molecule has 4 rings (SSSR count). The zero-order valence-electron chi connectivity index (χ0n) is 13.3. The number of aryl methyl sites for hydroxylation is 1. The van der Waals surface area contributed by atoms with Crippen molar-refractivity contribution in [1.82, 2.24) is 20.0 Å². The zero-order valence-corrected chi connectivity index (χ0v) is 13.3. The molecular formula is C17H17FN4O2. The van der Waals surface area contributed by atoms with Crippen LogP contribution in [0.4, 0.5) is 4.39 Å². The van der Waals surface area contributed by atoms with Crippen molar-refractivity contribution in [1.29, 1.82) is 0 Å². The number of benzene rings is 1. The van der Waals surface area contributed by atoms with Gasteiger partial charge in [-0.2, -0.15) is 4.98 Å². The minimum atomic E-state index is -0.246. The summed E-state index contributed by atoms with van der Waals surface area (Å²) in [6.45, 7) is 4.31. The second-order valence-corrected chi connectivity index (χ2v) is 5.91. The Labute approximate surface area is 138 Å². The van der Waals surface area contributed by atoms with Crippen molar-refractivity contribution in [3.63, 3.8) is 0 Å². The van der Waals surface area contributed by atoms with Gasteiger partial charge in [-0.3, -0.25) is 9.88 Å². The Morgan fingerprint density at radius 3 is 3.12 bits per heavy atom. The lowest BCUT2D eigenvalue weighted by Gasteiger charge is -2.31. The van der Waals surface area contributed by atoms with Crippen molar-refractivity contribution in [2.75, 3.05) is 19.7 Å². The number of nitrogens with zero attached hydrogens (tertiary/aromatic N) is 4. The van der Waals surface area contributed by atoms with E-state index < -0.39 is 0 Å². The molecule has 0 radical (unpaired) electrons. The molecule has 24 heavy (non-hydrogen) atoms. The molecule has 1 aromatic carbocycles. The molecule has 0 bridgehead atoms. The highest BCUT2D eigenvalue weighted by Crippen LogP contribution is 2.24. The van der Waals surface area contributed by atoms with Crippen LogP contribution in [0.5, 0.6) is 0 Å². The van der Waals surface area contributed by atoms with Crippen LogP contribution < -0.4 is 0 Å². The molecule has 0 saturated carbocycles. The minimum absolute atomic E-state index is 0.232. The molecule has 1 fully saturated rings. The van der Waals surface area contributed by atoms with Crippen LogP contribution in [-0.4, -0.2) is 39.7 Å². The summed E-state index contributed by atoms with van der Waals surface area (Å²) >= 11 is 0. The molecule has 0 N–H and O–H groups in total. The Morgan fingerprint density at radius 2 is 2.29 bits per heavy atom. The number of ether oxygens (including phenoxy) is 1. The van der Waals surface area contributed by atoms with Crippen LogP contribution in [0.25, 0.3) is 10.9 Å².